The molecule has 7 heteroatoms. The summed E-state index contributed by atoms with van der Waals surface area (Å²) in [4.78, 5) is 19.9. The average Bonchev–Trinajstić information content (AvgIpc) is 2.56. The highest BCUT2D eigenvalue weighted by atomic mass is 32.2. The molecule has 0 aromatic carbocycles. The van der Waals surface area contributed by atoms with Crippen LogP contribution in [-0.4, -0.2) is 50.2 Å². The fourth-order valence-corrected chi connectivity index (χ4v) is 3.08. The van der Waals surface area contributed by atoms with E-state index >= 15 is 0 Å². The van der Waals surface area contributed by atoms with E-state index in [4.69, 9.17) is 20.4 Å². The highest BCUT2D eigenvalue weighted by Crippen LogP contribution is 2.11. The van der Waals surface area contributed by atoms with Crippen LogP contribution in [0.4, 0.5) is 0 Å². The summed E-state index contributed by atoms with van der Waals surface area (Å²) >= 11 is 1.35. The minimum atomic E-state index is -1.10. The monoisotopic (exact) mass is 394 g/mol. The Balaban J connectivity index is 0. The molecule has 0 unspecified atom stereocenters. The Hall–Kier alpha value is -0.790. The number of unbranched alkanes of at least 4 members (excludes halogenated alkanes) is 9. The van der Waals surface area contributed by atoms with Crippen LogP contribution in [0.25, 0.3) is 0 Å². The van der Waals surface area contributed by atoms with Crippen molar-refractivity contribution in [3.8, 4) is 0 Å². The summed E-state index contributed by atoms with van der Waals surface area (Å²) in [5, 5.41) is 33.6. The Morgan fingerprint density at radius 2 is 1.12 bits per heavy atom. The normalized spacial score (nSPS) is 10.5. The van der Waals surface area contributed by atoms with Crippen molar-refractivity contribution in [2.75, 3.05) is 11.5 Å². The van der Waals surface area contributed by atoms with E-state index in [2.05, 4.69) is 6.92 Å². The zero-order valence-corrected chi connectivity index (χ0v) is 17.0. The summed E-state index contributed by atoms with van der Waals surface area (Å²) in [6.45, 7) is 2.25. The zero-order valence-electron chi connectivity index (χ0n) is 16.2. The van der Waals surface area contributed by atoms with Gasteiger partial charge in [0.25, 0.3) is 0 Å². The van der Waals surface area contributed by atoms with Crippen molar-refractivity contribution in [1.82, 2.24) is 0 Å². The molecule has 4 N–H and O–H groups in total. The molecule has 0 fully saturated rings. The van der Waals surface area contributed by atoms with Crippen LogP contribution in [-0.2, 0) is 9.59 Å². The molecule has 0 radical (unpaired) electrons. The van der Waals surface area contributed by atoms with Crippen LogP contribution in [0.2, 0.25) is 0 Å². The van der Waals surface area contributed by atoms with Crippen LogP contribution >= 0.6 is 11.8 Å². The highest BCUT2D eigenvalue weighted by molar-refractivity contribution is 7.99. The van der Waals surface area contributed by atoms with E-state index in [1.54, 1.807) is 0 Å². The molecule has 0 rings (SSSR count). The van der Waals surface area contributed by atoms with Gasteiger partial charge in [-0.05, 0) is 12.8 Å². The van der Waals surface area contributed by atoms with Crippen LogP contribution in [0.1, 0.15) is 90.4 Å². The number of aliphatic hydroxyl groups excluding tert-OH is 1. The largest absolute Gasteiger partial charge is 0.481 e. The Morgan fingerprint density at radius 1 is 0.731 bits per heavy atom. The second-order valence-corrected chi connectivity index (χ2v) is 7.58. The molecular formula is C19H38O6S. The fourth-order valence-electron chi connectivity index (χ4n) is 2.24. The van der Waals surface area contributed by atoms with Gasteiger partial charge in [0, 0.05) is 11.5 Å². The van der Waals surface area contributed by atoms with Crippen molar-refractivity contribution >= 4 is 23.7 Å². The first-order chi connectivity index (χ1) is 12.4. The van der Waals surface area contributed by atoms with Gasteiger partial charge in [0.15, 0.2) is 6.29 Å². The maximum Gasteiger partial charge on any atom is 0.304 e. The minimum absolute atomic E-state index is 0.101. The van der Waals surface area contributed by atoms with E-state index in [-0.39, 0.29) is 12.8 Å². The third-order valence-electron chi connectivity index (χ3n) is 3.74. The van der Waals surface area contributed by atoms with Gasteiger partial charge in [-0.15, -0.1) is 0 Å². The Morgan fingerprint density at radius 3 is 1.46 bits per heavy atom. The molecule has 0 aromatic heterocycles. The van der Waals surface area contributed by atoms with Gasteiger partial charge in [0.1, 0.15) is 0 Å². The Kier molecular flexibility index (Phi) is 23.5. The number of rotatable bonds is 17. The van der Waals surface area contributed by atoms with Crippen LogP contribution < -0.4 is 0 Å². The van der Waals surface area contributed by atoms with E-state index in [1.807, 2.05) is 0 Å². The third kappa shape index (κ3) is 31.0. The van der Waals surface area contributed by atoms with Gasteiger partial charge < -0.3 is 20.4 Å². The maximum absolute atomic E-state index is 9.97. The molecule has 0 bridgehead atoms. The first kappa shape index (κ1) is 27.4. The van der Waals surface area contributed by atoms with Crippen LogP contribution in [0.15, 0.2) is 0 Å². The molecule has 0 aliphatic heterocycles. The quantitative estimate of drug-likeness (QED) is 0.215. The lowest BCUT2D eigenvalue weighted by Gasteiger charge is -2.03. The number of hydrogen-bond acceptors (Lipinski definition) is 5. The van der Waals surface area contributed by atoms with Crippen LogP contribution in [0.5, 0.6) is 0 Å². The van der Waals surface area contributed by atoms with Gasteiger partial charge in [0.05, 0.1) is 12.8 Å². The molecule has 0 aliphatic rings. The highest BCUT2D eigenvalue weighted by Gasteiger charge is 1.99. The predicted molar refractivity (Wildman–Crippen MR) is 107 cm³/mol. The molecule has 0 saturated carbocycles. The number of aliphatic carboxylic acids is 2. The van der Waals surface area contributed by atoms with E-state index in [9.17, 15) is 9.59 Å². The standard InChI is InChI=1S/C13H28O2.C6H10O4S/c1-2-3-4-5-6-7-8-9-10-11-12-13(14)15;7-5(8)1-3-11-4-2-6(9)10/h13-15H,2-12H2,1H3;1-4H2,(H,7,8)(H,9,10). The van der Waals surface area contributed by atoms with Crippen molar-refractivity contribution in [3.05, 3.63) is 0 Å². The maximum atomic E-state index is 9.97. The Bertz CT molecular complexity index is 307. The molecule has 26 heavy (non-hydrogen) atoms. The van der Waals surface area contributed by atoms with Crippen molar-refractivity contribution in [2.24, 2.45) is 0 Å². The summed E-state index contributed by atoms with van der Waals surface area (Å²) in [6.07, 6.45) is 12.5. The number of aliphatic hydroxyl groups is 2. The van der Waals surface area contributed by atoms with Crippen molar-refractivity contribution in [1.29, 1.82) is 0 Å². The summed E-state index contributed by atoms with van der Waals surface area (Å²) in [5.74, 6) is -0.703. The zero-order chi connectivity index (χ0) is 20.0. The van der Waals surface area contributed by atoms with Crippen molar-refractivity contribution in [2.45, 2.75) is 96.7 Å². The first-order valence-electron chi connectivity index (χ1n) is 9.77. The second-order valence-electron chi connectivity index (χ2n) is 6.35. The second kappa shape index (κ2) is 22.3. The van der Waals surface area contributed by atoms with Gasteiger partial charge in [-0.2, -0.15) is 11.8 Å². The summed E-state index contributed by atoms with van der Waals surface area (Å²) in [6, 6.07) is 0. The van der Waals surface area contributed by atoms with Crippen molar-refractivity contribution in [3.63, 3.8) is 0 Å². The molecule has 0 saturated heterocycles. The SMILES string of the molecule is CCCCCCCCCCCCC(O)O.O=C(O)CCSCCC(=O)O. The lowest BCUT2D eigenvalue weighted by molar-refractivity contribution is -0.137. The molecule has 0 spiro atoms. The van der Waals surface area contributed by atoms with Crippen LogP contribution in [0.3, 0.4) is 0 Å². The lowest BCUT2D eigenvalue weighted by atomic mass is 10.1. The van der Waals surface area contributed by atoms with E-state index in [1.165, 1.54) is 63.1 Å². The smallest absolute Gasteiger partial charge is 0.304 e. The lowest BCUT2D eigenvalue weighted by Crippen LogP contribution is -2.02. The molecule has 0 atom stereocenters. The van der Waals surface area contributed by atoms with Crippen LogP contribution in [0, 0.1) is 0 Å². The minimum Gasteiger partial charge on any atom is -0.481 e. The first-order valence-corrected chi connectivity index (χ1v) is 10.9. The fraction of sp³-hybridized carbons (Fsp3) is 0.895. The molecule has 0 aromatic rings. The van der Waals surface area contributed by atoms with Crippen molar-refractivity contribution < 1.29 is 30.0 Å². The van der Waals surface area contributed by atoms with E-state index < -0.39 is 18.2 Å². The van der Waals surface area contributed by atoms with Gasteiger partial charge in [0.2, 0.25) is 0 Å². The topological polar surface area (TPSA) is 115 Å². The number of hydrogen-bond donors (Lipinski definition) is 4. The van der Waals surface area contributed by atoms with E-state index in [0.29, 0.717) is 17.9 Å². The van der Waals surface area contributed by atoms with Gasteiger partial charge in [-0.25, -0.2) is 0 Å². The number of carboxylic acid groups (broad SMARTS) is 2. The predicted octanol–water partition coefficient (Wildman–Crippen LogP) is 4.28. The summed E-state index contributed by atoms with van der Waals surface area (Å²) < 4.78 is 0. The average molecular weight is 395 g/mol. The van der Waals surface area contributed by atoms with Gasteiger partial charge >= 0.3 is 11.9 Å². The number of carboxylic acids is 2. The molecular weight excluding hydrogens is 356 g/mol. The Labute approximate surface area is 162 Å². The third-order valence-corrected chi connectivity index (χ3v) is 4.72. The van der Waals surface area contributed by atoms with Gasteiger partial charge in [-0.1, -0.05) is 64.7 Å². The molecule has 0 heterocycles. The summed E-state index contributed by atoms with van der Waals surface area (Å²) in [5.41, 5.74) is 0. The number of carbonyl (C=O) groups is 2. The molecule has 6 nitrogen and oxygen atoms in total. The molecule has 156 valence electrons. The summed E-state index contributed by atoms with van der Waals surface area (Å²) in [7, 11) is 0. The van der Waals surface area contributed by atoms with E-state index in [0.717, 1.165) is 12.8 Å². The molecule has 0 amide bonds. The van der Waals surface area contributed by atoms with Gasteiger partial charge in [-0.3, -0.25) is 9.59 Å². The molecule has 0 aliphatic carbocycles. The number of thioether (sulfide) groups is 1.